The summed E-state index contributed by atoms with van der Waals surface area (Å²) in [6.07, 6.45) is 0.766. The van der Waals surface area contributed by atoms with E-state index in [0.29, 0.717) is 6.42 Å². The Morgan fingerprint density at radius 3 is 2.75 bits per heavy atom. The zero-order chi connectivity index (χ0) is 11.4. The number of carbonyl (C=O) groups is 1. The molecule has 1 N–H and O–H groups in total. The third-order valence-electron chi connectivity index (χ3n) is 2.46. The van der Waals surface area contributed by atoms with Crippen LogP contribution in [0.5, 0.6) is 0 Å². The molecule has 1 aromatic carbocycles. The van der Waals surface area contributed by atoms with Gasteiger partial charge in [-0.15, -0.1) is 0 Å². The van der Waals surface area contributed by atoms with Crippen molar-refractivity contribution in [3.63, 3.8) is 0 Å². The summed E-state index contributed by atoms with van der Waals surface area (Å²) in [7, 11) is 0. The van der Waals surface area contributed by atoms with Gasteiger partial charge in [-0.3, -0.25) is 4.79 Å². The Morgan fingerprint density at radius 2 is 2.06 bits per heavy atom. The molecular weight excluding hydrogens is 220 g/mol. The second kappa shape index (κ2) is 4.94. The minimum atomic E-state index is -0.750. The van der Waals surface area contributed by atoms with Crippen LogP contribution in [0.1, 0.15) is 12.0 Å². The maximum Gasteiger partial charge on any atom is 0.303 e. The van der Waals surface area contributed by atoms with Crippen LogP contribution in [0.2, 0.25) is 0 Å². The monoisotopic (exact) mass is 232 g/mol. The highest BCUT2D eigenvalue weighted by Gasteiger charge is 2.06. The normalized spacial score (nSPS) is 10.2. The maximum atomic E-state index is 10.6. The number of benzene rings is 1. The van der Waals surface area contributed by atoms with E-state index in [-0.39, 0.29) is 6.42 Å². The molecule has 0 bridgehead atoms. The first-order chi connectivity index (χ1) is 7.77. The fourth-order valence-corrected chi connectivity index (χ4v) is 2.34. The predicted molar refractivity (Wildman–Crippen MR) is 65.7 cm³/mol. The molecule has 0 saturated heterocycles. The molecule has 0 aliphatic carbocycles. The molecular formula is C13H12O2S. The van der Waals surface area contributed by atoms with Gasteiger partial charge in [0.25, 0.3) is 0 Å². The smallest absolute Gasteiger partial charge is 0.303 e. The van der Waals surface area contributed by atoms with Gasteiger partial charge in [0.05, 0.1) is 0 Å². The molecule has 0 fully saturated rings. The number of rotatable bonds is 4. The Bertz CT molecular complexity index is 474. The molecule has 0 amide bonds. The van der Waals surface area contributed by atoms with Crippen molar-refractivity contribution in [3.05, 3.63) is 46.7 Å². The Hall–Kier alpha value is -1.61. The molecule has 2 aromatic rings. The van der Waals surface area contributed by atoms with E-state index in [0.717, 1.165) is 11.1 Å². The van der Waals surface area contributed by atoms with E-state index >= 15 is 0 Å². The second-order valence-electron chi connectivity index (χ2n) is 3.56. The van der Waals surface area contributed by atoms with Crippen LogP contribution in [-0.2, 0) is 11.2 Å². The highest BCUT2D eigenvalue weighted by Crippen LogP contribution is 2.26. The van der Waals surface area contributed by atoms with Gasteiger partial charge < -0.3 is 5.11 Å². The summed E-state index contributed by atoms with van der Waals surface area (Å²) < 4.78 is 0. The van der Waals surface area contributed by atoms with E-state index in [1.165, 1.54) is 5.56 Å². The standard InChI is InChI=1S/C13H12O2S/c14-13(15)6-5-10-3-1-2-4-12(10)11-7-8-16-9-11/h1-4,7-9H,5-6H2,(H,14,15). The average Bonchev–Trinajstić information content (AvgIpc) is 2.80. The highest BCUT2D eigenvalue weighted by molar-refractivity contribution is 7.08. The van der Waals surface area contributed by atoms with Crippen LogP contribution >= 0.6 is 11.3 Å². The van der Waals surface area contributed by atoms with Crippen LogP contribution in [0.3, 0.4) is 0 Å². The molecule has 0 spiro atoms. The minimum Gasteiger partial charge on any atom is -0.481 e. The van der Waals surface area contributed by atoms with Crippen molar-refractivity contribution < 1.29 is 9.90 Å². The van der Waals surface area contributed by atoms with Crippen molar-refractivity contribution in [2.24, 2.45) is 0 Å². The molecule has 82 valence electrons. The Balaban J connectivity index is 2.27. The largest absolute Gasteiger partial charge is 0.481 e. The lowest BCUT2D eigenvalue weighted by atomic mass is 9.99. The molecule has 2 nitrogen and oxygen atoms in total. The number of aryl methyl sites for hydroxylation is 1. The topological polar surface area (TPSA) is 37.3 Å². The lowest BCUT2D eigenvalue weighted by Crippen LogP contribution is -1.98. The number of aliphatic carboxylic acids is 1. The van der Waals surface area contributed by atoms with Crippen molar-refractivity contribution in [2.45, 2.75) is 12.8 Å². The third kappa shape index (κ3) is 2.49. The molecule has 3 heteroatoms. The number of hydrogen-bond acceptors (Lipinski definition) is 2. The predicted octanol–water partition coefficient (Wildman–Crippen LogP) is 3.43. The molecule has 16 heavy (non-hydrogen) atoms. The zero-order valence-corrected chi connectivity index (χ0v) is 9.54. The van der Waals surface area contributed by atoms with E-state index in [1.54, 1.807) is 11.3 Å². The van der Waals surface area contributed by atoms with Gasteiger partial charge in [-0.05, 0) is 39.9 Å². The Morgan fingerprint density at radius 1 is 1.25 bits per heavy atom. The van der Waals surface area contributed by atoms with Gasteiger partial charge in [-0.2, -0.15) is 11.3 Å². The van der Waals surface area contributed by atoms with Crippen LogP contribution in [-0.4, -0.2) is 11.1 Å². The number of thiophene rings is 1. The summed E-state index contributed by atoms with van der Waals surface area (Å²) in [5.74, 6) is -0.750. The summed E-state index contributed by atoms with van der Waals surface area (Å²) in [4.78, 5) is 10.6. The molecule has 0 aliphatic heterocycles. The summed E-state index contributed by atoms with van der Waals surface area (Å²) >= 11 is 1.65. The van der Waals surface area contributed by atoms with E-state index in [4.69, 9.17) is 5.11 Å². The molecule has 0 saturated carbocycles. The quantitative estimate of drug-likeness (QED) is 0.876. The summed E-state index contributed by atoms with van der Waals surface area (Å²) in [5, 5.41) is 12.8. The highest BCUT2D eigenvalue weighted by atomic mass is 32.1. The van der Waals surface area contributed by atoms with E-state index in [1.807, 2.05) is 29.6 Å². The Kier molecular flexibility index (Phi) is 3.37. The minimum absolute atomic E-state index is 0.182. The third-order valence-corrected chi connectivity index (χ3v) is 3.14. The molecule has 1 heterocycles. The number of hydrogen-bond donors (Lipinski definition) is 1. The van der Waals surface area contributed by atoms with Gasteiger partial charge in [-0.25, -0.2) is 0 Å². The van der Waals surface area contributed by atoms with Crippen LogP contribution in [0.25, 0.3) is 11.1 Å². The van der Waals surface area contributed by atoms with Gasteiger partial charge in [-0.1, -0.05) is 24.3 Å². The molecule has 2 rings (SSSR count). The summed E-state index contributed by atoms with van der Waals surface area (Å²) in [5.41, 5.74) is 3.42. The Labute approximate surface area is 98.2 Å². The lowest BCUT2D eigenvalue weighted by Gasteiger charge is -2.06. The van der Waals surface area contributed by atoms with Crippen molar-refractivity contribution >= 4 is 17.3 Å². The van der Waals surface area contributed by atoms with Crippen molar-refractivity contribution in [1.82, 2.24) is 0 Å². The van der Waals surface area contributed by atoms with E-state index in [9.17, 15) is 4.79 Å². The van der Waals surface area contributed by atoms with Gasteiger partial charge in [0.1, 0.15) is 0 Å². The summed E-state index contributed by atoms with van der Waals surface area (Å²) in [6, 6.07) is 10.0. The molecule has 1 aromatic heterocycles. The maximum absolute atomic E-state index is 10.6. The average molecular weight is 232 g/mol. The van der Waals surface area contributed by atoms with Gasteiger partial charge >= 0.3 is 5.97 Å². The molecule has 0 unspecified atom stereocenters. The molecule has 0 atom stereocenters. The van der Waals surface area contributed by atoms with Crippen LogP contribution in [0.15, 0.2) is 41.1 Å². The summed E-state index contributed by atoms with van der Waals surface area (Å²) in [6.45, 7) is 0. The fraction of sp³-hybridized carbons (Fsp3) is 0.154. The van der Waals surface area contributed by atoms with Gasteiger partial charge in [0, 0.05) is 6.42 Å². The fourth-order valence-electron chi connectivity index (χ4n) is 1.68. The first-order valence-corrected chi connectivity index (χ1v) is 6.04. The van der Waals surface area contributed by atoms with Crippen molar-refractivity contribution in [1.29, 1.82) is 0 Å². The molecule has 0 aliphatic rings. The molecule has 0 radical (unpaired) electrons. The van der Waals surface area contributed by atoms with Crippen LogP contribution in [0.4, 0.5) is 0 Å². The van der Waals surface area contributed by atoms with Crippen molar-refractivity contribution in [2.75, 3.05) is 0 Å². The van der Waals surface area contributed by atoms with Crippen LogP contribution in [0, 0.1) is 0 Å². The van der Waals surface area contributed by atoms with Crippen LogP contribution < -0.4 is 0 Å². The SMILES string of the molecule is O=C(O)CCc1ccccc1-c1ccsc1. The van der Waals surface area contributed by atoms with Crippen molar-refractivity contribution in [3.8, 4) is 11.1 Å². The van der Waals surface area contributed by atoms with Gasteiger partial charge in [0.2, 0.25) is 0 Å². The first kappa shape index (κ1) is 10.9. The van der Waals surface area contributed by atoms with E-state index in [2.05, 4.69) is 11.4 Å². The van der Waals surface area contributed by atoms with E-state index < -0.39 is 5.97 Å². The zero-order valence-electron chi connectivity index (χ0n) is 8.72. The number of carboxylic acids is 1. The first-order valence-electron chi connectivity index (χ1n) is 5.09. The second-order valence-corrected chi connectivity index (χ2v) is 4.34. The van der Waals surface area contributed by atoms with Gasteiger partial charge in [0.15, 0.2) is 0 Å². The number of carboxylic acid groups (broad SMARTS) is 1. The lowest BCUT2D eigenvalue weighted by molar-refractivity contribution is -0.136.